The maximum Gasteiger partial charge on any atom is 0.417 e. The van der Waals surface area contributed by atoms with Crippen LogP contribution in [0, 0.1) is 19.3 Å². The molecular formula is C43H45F6N10O2Pd-. The first-order valence-electron chi connectivity index (χ1n) is 18.9. The molecule has 62 heavy (non-hydrogen) atoms. The molecule has 4 atom stereocenters. The van der Waals surface area contributed by atoms with Gasteiger partial charge in [-0.05, 0) is 36.1 Å². The van der Waals surface area contributed by atoms with E-state index < -0.39 is 34.6 Å². The minimum absolute atomic E-state index is 0. The largest absolute Gasteiger partial charge is 0.417 e. The molecule has 19 heteroatoms. The van der Waals surface area contributed by atoms with Crippen molar-refractivity contribution in [1.29, 1.82) is 0 Å². The molecule has 2 fully saturated rings. The van der Waals surface area contributed by atoms with Crippen molar-refractivity contribution in [3.05, 3.63) is 148 Å². The number of likely N-dealkylation sites (tertiary alicyclic amines) is 1. The summed E-state index contributed by atoms with van der Waals surface area (Å²) in [6.45, 7) is 7.86. The average molecular weight is 954 g/mol. The second-order valence-corrected chi connectivity index (χ2v) is 15.0. The predicted octanol–water partition coefficient (Wildman–Crippen LogP) is 7.85. The number of benzene rings is 3. The number of nitrogens with one attached hydrogen (secondary N) is 3. The van der Waals surface area contributed by atoms with Crippen LogP contribution in [0.2, 0.25) is 0 Å². The summed E-state index contributed by atoms with van der Waals surface area (Å²) in [6, 6.07) is 20.5. The Morgan fingerprint density at radius 1 is 0.645 bits per heavy atom. The van der Waals surface area contributed by atoms with Crippen molar-refractivity contribution in [2.45, 2.75) is 52.0 Å². The third kappa shape index (κ3) is 9.46. The molecule has 12 nitrogen and oxygen atoms in total. The Morgan fingerprint density at radius 2 is 1.11 bits per heavy atom. The molecule has 7 aromatic rings. The summed E-state index contributed by atoms with van der Waals surface area (Å²) in [7, 11) is 0. The topological polar surface area (TPSA) is 141 Å². The quantitative estimate of drug-likeness (QED) is 0.0871. The molecular weight excluding hydrogens is 909 g/mol. The summed E-state index contributed by atoms with van der Waals surface area (Å²) in [6.07, 6.45) is -6.58. The number of hydrogen-bond acceptors (Lipinski definition) is 8. The van der Waals surface area contributed by atoms with E-state index in [-0.39, 0.29) is 92.8 Å². The maximum absolute atomic E-state index is 13.6. The molecule has 2 aliphatic heterocycles. The second-order valence-electron chi connectivity index (χ2n) is 15.0. The van der Waals surface area contributed by atoms with Crippen molar-refractivity contribution in [1.82, 2.24) is 49.4 Å². The first kappa shape index (κ1) is 47.6. The summed E-state index contributed by atoms with van der Waals surface area (Å²) in [5.74, 6) is 1.30. The molecule has 4 unspecified atom stereocenters. The first-order chi connectivity index (χ1) is 28.2. The van der Waals surface area contributed by atoms with Gasteiger partial charge in [0.25, 0.3) is 11.1 Å². The van der Waals surface area contributed by atoms with Crippen molar-refractivity contribution in [3.8, 4) is 22.8 Å². The van der Waals surface area contributed by atoms with Gasteiger partial charge < -0.3 is 22.7 Å². The van der Waals surface area contributed by atoms with Crippen LogP contribution in [0.5, 0.6) is 0 Å². The van der Waals surface area contributed by atoms with E-state index in [9.17, 15) is 35.9 Å². The number of H-pyrrole nitrogens is 2. The average Bonchev–Trinajstić information content (AvgIpc) is 4.01. The smallest absolute Gasteiger partial charge is 0.358 e. The van der Waals surface area contributed by atoms with Crippen molar-refractivity contribution in [2.24, 2.45) is 11.8 Å². The first-order valence-corrected chi connectivity index (χ1v) is 18.9. The Labute approximate surface area is 366 Å². The molecule has 0 spiro atoms. The van der Waals surface area contributed by atoms with E-state index >= 15 is 0 Å². The zero-order valence-corrected chi connectivity index (χ0v) is 34.6. The van der Waals surface area contributed by atoms with Crippen LogP contribution in [0.15, 0.2) is 101 Å². The number of fused-ring (bicyclic) bond motifs is 2. The van der Waals surface area contributed by atoms with E-state index in [1.165, 1.54) is 63.4 Å². The number of alkyl halides is 6. The van der Waals surface area contributed by atoms with Crippen molar-refractivity contribution in [3.63, 3.8) is 0 Å². The molecule has 0 amide bonds. The van der Waals surface area contributed by atoms with Crippen molar-refractivity contribution in [2.75, 3.05) is 26.2 Å². The molecule has 3 N–H and O–H groups in total. The summed E-state index contributed by atoms with van der Waals surface area (Å²) in [5, 5.41) is 12.2. The van der Waals surface area contributed by atoms with Gasteiger partial charge in [-0.1, -0.05) is 88.0 Å². The van der Waals surface area contributed by atoms with Crippen LogP contribution >= 0.6 is 0 Å². The van der Waals surface area contributed by atoms with Gasteiger partial charge in [0.1, 0.15) is 11.6 Å². The number of hydrogen-bond donors (Lipinski definition) is 3. The van der Waals surface area contributed by atoms with Crippen LogP contribution in [-0.4, -0.2) is 70.2 Å². The molecule has 2 aliphatic rings. The van der Waals surface area contributed by atoms with Crippen molar-refractivity contribution < 1.29 is 46.8 Å². The zero-order valence-electron chi connectivity index (χ0n) is 33.0. The maximum atomic E-state index is 13.6. The predicted molar refractivity (Wildman–Crippen MR) is 220 cm³/mol. The third-order valence-corrected chi connectivity index (χ3v) is 10.9. The fourth-order valence-corrected chi connectivity index (χ4v) is 7.95. The number of imidazole rings is 2. The monoisotopic (exact) mass is 953 g/mol. The summed E-state index contributed by atoms with van der Waals surface area (Å²) < 4.78 is 83.3. The van der Waals surface area contributed by atoms with Gasteiger partial charge in [-0.25, -0.2) is 19.0 Å². The second kappa shape index (κ2) is 18.9. The van der Waals surface area contributed by atoms with Gasteiger partial charge in [-0.3, -0.25) is 14.5 Å². The summed E-state index contributed by atoms with van der Waals surface area (Å²) in [4.78, 5) is 41.2. The van der Waals surface area contributed by atoms with Crippen LogP contribution in [0.25, 0.3) is 33.8 Å². The van der Waals surface area contributed by atoms with E-state index in [0.717, 1.165) is 31.8 Å². The van der Waals surface area contributed by atoms with E-state index in [1.807, 2.05) is 25.1 Å². The van der Waals surface area contributed by atoms with Crippen LogP contribution in [0.4, 0.5) is 26.3 Å². The fraction of sp³-hybridized carbons (Fsp3) is 0.326. The van der Waals surface area contributed by atoms with Crippen molar-refractivity contribution >= 4 is 11.0 Å². The molecule has 6 heterocycles. The molecule has 3 aromatic carbocycles. The van der Waals surface area contributed by atoms with Gasteiger partial charge in [-0.2, -0.15) is 36.5 Å². The molecule has 0 bridgehead atoms. The molecule has 2 saturated heterocycles. The SMILES string of the molecule is C.CC1CN(Cc2ccccc2)CC1c1nn2c(-c3ccccc3C(F)(F)F)ncc2c(=O)[nH]1.CC1CNCC1c1nn2c(-c3ccccc3C(F)(F)F)ncc2c(=O)[nH]1.[CH3-].[Pd]. The van der Waals surface area contributed by atoms with Gasteiger partial charge in [0.05, 0.1) is 23.5 Å². The van der Waals surface area contributed by atoms with Gasteiger partial charge in [0.15, 0.2) is 22.7 Å². The molecule has 0 radical (unpaired) electrons. The van der Waals surface area contributed by atoms with Crippen LogP contribution in [-0.2, 0) is 39.3 Å². The number of halogens is 6. The standard InChI is InChI=1S/C24H22F3N5O.C17H16F3N5O.CH4.CH3.Pd/c1-15-12-31(13-16-7-3-2-4-8-16)14-18(15)21-29-23(33)20-11-28-22(32(20)30-21)17-9-5-6-10-19(17)24(25,26)27;1-9-6-21-7-11(9)14-23-16(26)13-8-22-15(25(13)24-14)10-4-2-3-5-12(10)17(18,19)20;;;/h2-11,15,18H,12-14H2,1H3,(H,29,30,33);2-5,8-9,11,21H,6-7H2,1H3,(H,23,24,26);1H4;1H3;/q;;;-1;. The van der Waals surface area contributed by atoms with Gasteiger partial charge >= 0.3 is 12.4 Å². The van der Waals surface area contributed by atoms with Gasteiger partial charge in [0, 0.05) is 69.6 Å². The number of aromatic amines is 2. The van der Waals surface area contributed by atoms with Gasteiger partial charge in [0.2, 0.25) is 0 Å². The number of nitrogens with zero attached hydrogens (tertiary/aromatic N) is 7. The molecule has 0 aliphatic carbocycles. The summed E-state index contributed by atoms with van der Waals surface area (Å²) in [5.41, 5.74) is -1.27. The van der Waals surface area contributed by atoms with E-state index in [2.05, 4.69) is 59.4 Å². The van der Waals surface area contributed by atoms with Crippen LogP contribution in [0.1, 0.15) is 61.4 Å². The van der Waals surface area contributed by atoms with E-state index in [1.54, 1.807) is 0 Å². The number of rotatable bonds is 6. The van der Waals surface area contributed by atoms with Crippen LogP contribution < -0.4 is 16.4 Å². The zero-order chi connectivity index (χ0) is 41.6. The van der Waals surface area contributed by atoms with E-state index in [0.29, 0.717) is 24.7 Å². The Bertz CT molecular complexity index is 2750. The Hall–Kier alpha value is -5.48. The fourth-order valence-electron chi connectivity index (χ4n) is 7.95. The minimum atomic E-state index is -4.55. The van der Waals surface area contributed by atoms with Crippen LogP contribution in [0.3, 0.4) is 0 Å². The molecule has 9 rings (SSSR count). The molecule has 4 aromatic heterocycles. The van der Waals surface area contributed by atoms with Gasteiger partial charge in [-0.15, -0.1) is 0 Å². The molecule has 0 saturated carbocycles. The third-order valence-electron chi connectivity index (χ3n) is 10.9. The Balaban J connectivity index is 0.000000229. The normalized spacial score (nSPS) is 19.0. The van der Waals surface area contributed by atoms with E-state index in [4.69, 9.17) is 0 Å². The summed E-state index contributed by atoms with van der Waals surface area (Å²) >= 11 is 0. The Morgan fingerprint density at radius 3 is 1.58 bits per heavy atom. The number of aromatic nitrogens is 8. The Kier molecular flexibility index (Phi) is 14.5. The minimum Gasteiger partial charge on any atom is -0.358 e. The molecule has 332 valence electrons.